The number of nitrogens with one attached hydrogen (secondary N) is 1. The number of aliphatic hydroxyl groups excluding tert-OH is 1. The molecule has 1 aromatic carbocycles. The molecule has 11 heteroatoms. The lowest BCUT2D eigenvalue weighted by atomic mass is 9.94. The third kappa shape index (κ3) is 4.95. The van der Waals surface area contributed by atoms with Crippen LogP contribution in [-0.2, 0) is 9.59 Å². The Balaban J connectivity index is 1.70. The number of aromatic carboxylic acids is 1. The van der Waals surface area contributed by atoms with Crippen molar-refractivity contribution in [3.63, 3.8) is 0 Å². The molecule has 2 fully saturated rings. The van der Waals surface area contributed by atoms with Crippen molar-refractivity contribution in [1.29, 1.82) is 0 Å². The fraction of sp³-hybridized carbons (Fsp3) is 0.500. The molecule has 2 heterocycles. The van der Waals surface area contributed by atoms with Crippen molar-refractivity contribution in [3.8, 4) is 5.75 Å². The fourth-order valence-corrected chi connectivity index (χ4v) is 4.85. The molecule has 0 unspecified atom stereocenters. The molecule has 2 aromatic rings. The quantitative estimate of drug-likeness (QED) is 0.429. The monoisotopic (exact) mass is 487 g/mol. The second-order valence-electron chi connectivity index (χ2n) is 9.40. The van der Waals surface area contributed by atoms with Gasteiger partial charge < -0.3 is 34.8 Å². The van der Waals surface area contributed by atoms with Gasteiger partial charge in [-0.1, -0.05) is 6.92 Å². The van der Waals surface area contributed by atoms with Gasteiger partial charge >= 0.3 is 11.9 Å². The second-order valence-corrected chi connectivity index (χ2v) is 9.40. The lowest BCUT2D eigenvalue weighted by molar-refractivity contribution is -0.149. The van der Waals surface area contributed by atoms with Gasteiger partial charge in [-0.25, -0.2) is 9.59 Å². The number of aromatic nitrogens is 1. The minimum Gasteiger partial charge on any atom is -0.492 e. The number of aliphatic carboxylic acids is 1. The zero-order valence-electron chi connectivity index (χ0n) is 19.6. The molecular weight excluding hydrogens is 458 g/mol. The minimum absolute atomic E-state index is 0.0910. The third-order valence-electron chi connectivity index (χ3n) is 6.53. The average molecular weight is 488 g/mol. The summed E-state index contributed by atoms with van der Waals surface area (Å²) < 4.78 is 7.60. The van der Waals surface area contributed by atoms with Gasteiger partial charge in [0.05, 0.1) is 30.1 Å². The van der Waals surface area contributed by atoms with E-state index >= 15 is 0 Å². The molecule has 1 aliphatic heterocycles. The molecule has 3 atom stereocenters. The molecule has 1 saturated heterocycles. The highest BCUT2D eigenvalue weighted by Crippen LogP contribution is 2.43. The van der Waals surface area contributed by atoms with Gasteiger partial charge in [-0.3, -0.25) is 9.59 Å². The number of ether oxygens (including phenoxy) is 1. The SMILES string of the molecule is COc1c(N2C[C@@H](C)C[C@H](NC(=O)C[C@@H](O)C(=O)O)C2)ccc2c(=O)c(C(=O)O)cn(C3CC3)c12. The van der Waals surface area contributed by atoms with Gasteiger partial charge in [0.2, 0.25) is 11.3 Å². The molecule has 0 radical (unpaired) electrons. The summed E-state index contributed by atoms with van der Waals surface area (Å²) in [5, 5.41) is 30.9. The number of carboxylic acid groups (broad SMARTS) is 2. The predicted molar refractivity (Wildman–Crippen MR) is 126 cm³/mol. The van der Waals surface area contributed by atoms with Crippen molar-refractivity contribution in [1.82, 2.24) is 9.88 Å². The van der Waals surface area contributed by atoms with Crippen LogP contribution in [0.5, 0.6) is 5.75 Å². The Morgan fingerprint density at radius 2 is 1.91 bits per heavy atom. The van der Waals surface area contributed by atoms with Crippen LogP contribution in [0.15, 0.2) is 23.1 Å². The summed E-state index contributed by atoms with van der Waals surface area (Å²) in [6.45, 7) is 3.11. The summed E-state index contributed by atoms with van der Waals surface area (Å²) in [6, 6.07) is 3.16. The van der Waals surface area contributed by atoms with Crippen molar-refractivity contribution in [2.45, 2.75) is 50.8 Å². The summed E-state index contributed by atoms with van der Waals surface area (Å²) in [5.74, 6) is -2.63. The number of carboxylic acids is 2. The molecule has 1 amide bonds. The van der Waals surface area contributed by atoms with Gasteiger partial charge in [0.25, 0.3) is 0 Å². The van der Waals surface area contributed by atoms with Crippen LogP contribution in [0.25, 0.3) is 10.9 Å². The number of amides is 1. The van der Waals surface area contributed by atoms with Gasteiger partial charge in [0.15, 0.2) is 11.9 Å². The molecule has 35 heavy (non-hydrogen) atoms. The Hall–Kier alpha value is -3.60. The maximum atomic E-state index is 12.9. The van der Waals surface area contributed by atoms with E-state index in [-0.39, 0.29) is 29.0 Å². The highest BCUT2D eigenvalue weighted by molar-refractivity contribution is 5.97. The number of fused-ring (bicyclic) bond motifs is 1. The van der Waals surface area contributed by atoms with E-state index in [0.29, 0.717) is 36.5 Å². The van der Waals surface area contributed by atoms with E-state index in [1.54, 1.807) is 12.1 Å². The molecule has 188 valence electrons. The number of carbonyl (C=O) groups excluding carboxylic acids is 1. The Labute approximate surface area is 200 Å². The van der Waals surface area contributed by atoms with Crippen molar-refractivity contribution >= 4 is 34.4 Å². The van der Waals surface area contributed by atoms with E-state index in [9.17, 15) is 29.4 Å². The number of benzene rings is 1. The number of anilines is 1. The number of piperidine rings is 1. The minimum atomic E-state index is -1.76. The Morgan fingerprint density at radius 3 is 2.51 bits per heavy atom. The van der Waals surface area contributed by atoms with Crippen LogP contribution in [0, 0.1) is 5.92 Å². The number of carbonyl (C=O) groups is 3. The number of pyridine rings is 1. The molecule has 1 aliphatic carbocycles. The molecule has 0 spiro atoms. The number of nitrogens with zero attached hydrogens (tertiary/aromatic N) is 2. The molecule has 4 rings (SSSR count). The number of methoxy groups -OCH3 is 1. The van der Waals surface area contributed by atoms with Crippen LogP contribution in [0.3, 0.4) is 0 Å². The zero-order valence-corrected chi connectivity index (χ0v) is 19.6. The van der Waals surface area contributed by atoms with Gasteiger partial charge in [-0.15, -0.1) is 0 Å². The molecule has 1 saturated carbocycles. The lowest BCUT2D eigenvalue weighted by Crippen LogP contribution is -2.51. The molecule has 0 bridgehead atoms. The Kier molecular flexibility index (Phi) is 6.70. The normalized spacial score (nSPS) is 20.9. The standard InChI is InChI=1S/C24H29N3O8/c1-12-7-13(25-19(29)8-18(28)24(33)34)10-26(9-12)17-6-5-15-20(22(17)35-2)27(14-3-4-14)11-16(21(15)30)23(31)32/h5-6,11-14,18,28H,3-4,7-10H2,1-2H3,(H,25,29)(H,31,32)(H,33,34)/t12-,13-,18+/m0/s1. The Bertz CT molecular complexity index is 1240. The summed E-state index contributed by atoms with van der Waals surface area (Å²) >= 11 is 0. The summed E-state index contributed by atoms with van der Waals surface area (Å²) in [5.41, 5.74) is 0.416. The van der Waals surface area contributed by atoms with E-state index in [4.69, 9.17) is 9.84 Å². The van der Waals surface area contributed by atoms with Crippen LogP contribution in [0.1, 0.15) is 49.0 Å². The maximum absolute atomic E-state index is 12.9. The van der Waals surface area contributed by atoms with Gasteiger partial charge in [-0.2, -0.15) is 0 Å². The van der Waals surface area contributed by atoms with E-state index in [1.807, 2.05) is 16.4 Å². The first-order valence-corrected chi connectivity index (χ1v) is 11.5. The van der Waals surface area contributed by atoms with Crippen LogP contribution in [0.2, 0.25) is 0 Å². The third-order valence-corrected chi connectivity index (χ3v) is 6.53. The Morgan fingerprint density at radius 1 is 1.20 bits per heavy atom. The zero-order chi connectivity index (χ0) is 25.4. The lowest BCUT2D eigenvalue weighted by Gasteiger charge is -2.39. The first-order chi connectivity index (χ1) is 16.6. The van der Waals surface area contributed by atoms with E-state index in [2.05, 4.69) is 5.32 Å². The number of aliphatic hydroxyl groups is 1. The van der Waals surface area contributed by atoms with E-state index in [0.717, 1.165) is 12.8 Å². The van der Waals surface area contributed by atoms with Gasteiger partial charge in [0, 0.05) is 31.4 Å². The number of hydrogen-bond donors (Lipinski definition) is 4. The maximum Gasteiger partial charge on any atom is 0.341 e. The van der Waals surface area contributed by atoms with Crippen molar-refractivity contribution in [3.05, 3.63) is 34.1 Å². The van der Waals surface area contributed by atoms with Crippen LogP contribution < -0.4 is 20.4 Å². The first kappa shape index (κ1) is 24.5. The number of hydrogen-bond acceptors (Lipinski definition) is 7. The van der Waals surface area contributed by atoms with E-state index in [1.165, 1.54) is 13.3 Å². The molecule has 2 aliphatic rings. The van der Waals surface area contributed by atoms with Crippen LogP contribution in [0.4, 0.5) is 5.69 Å². The van der Waals surface area contributed by atoms with Crippen LogP contribution in [-0.4, -0.2) is 70.1 Å². The highest BCUT2D eigenvalue weighted by Gasteiger charge is 2.32. The highest BCUT2D eigenvalue weighted by atomic mass is 16.5. The predicted octanol–water partition coefficient (Wildman–Crippen LogP) is 1.21. The summed E-state index contributed by atoms with van der Waals surface area (Å²) in [6.07, 6.45) is 1.53. The van der Waals surface area contributed by atoms with Gasteiger partial charge in [0.1, 0.15) is 5.56 Å². The summed E-state index contributed by atoms with van der Waals surface area (Å²) in [4.78, 5) is 49.7. The van der Waals surface area contributed by atoms with Crippen molar-refractivity contribution in [2.24, 2.45) is 5.92 Å². The topological polar surface area (TPSA) is 158 Å². The summed E-state index contributed by atoms with van der Waals surface area (Å²) in [7, 11) is 1.50. The van der Waals surface area contributed by atoms with Crippen molar-refractivity contribution < 1.29 is 34.4 Å². The van der Waals surface area contributed by atoms with Crippen molar-refractivity contribution in [2.75, 3.05) is 25.1 Å². The number of rotatable bonds is 8. The first-order valence-electron chi connectivity index (χ1n) is 11.5. The second kappa shape index (κ2) is 9.57. The van der Waals surface area contributed by atoms with E-state index < -0.39 is 35.8 Å². The molecule has 4 N–H and O–H groups in total. The smallest absolute Gasteiger partial charge is 0.341 e. The van der Waals surface area contributed by atoms with Crippen LogP contribution >= 0.6 is 0 Å². The van der Waals surface area contributed by atoms with Gasteiger partial charge in [-0.05, 0) is 37.3 Å². The largest absolute Gasteiger partial charge is 0.492 e. The molecule has 1 aromatic heterocycles. The fourth-order valence-electron chi connectivity index (χ4n) is 4.85. The molecule has 11 nitrogen and oxygen atoms in total. The molecular formula is C24H29N3O8. The average Bonchev–Trinajstić information content (AvgIpc) is 3.63.